The summed E-state index contributed by atoms with van der Waals surface area (Å²) in [5.74, 6) is -2.76. The minimum Gasteiger partial charge on any atom is -0.504 e. The smallest absolute Gasteiger partial charge is 0.416 e. The number of aromatic nitrogens is 5. The Hall–Kier alpha value is -4.67. The third-order valence-corrected chi connectivity index (χ3v) is 9.58. The molecule has 2 fully saturated rings. The molecule has 2 atom stereocenters. The van der Waals surface area contributed by atoms with Crippen LogP contribution in [0.1, 0.15) is 52.9 Å². The minimum atomic E-state index is -4.76. The number of alkyl halides is 3. The second-order valence-corrected chi connectivity index (χ2v) is 12.4. The molecule has 0 spiro atoms. The molecule has 2 N–H and O–H groups in total. The summed E-state index contributed by atoms with van der Waals surface area (Å²) in [7, 11) is 0. The first kappa shape index (κ1) is 33.2. The molecule has 17 heteroatoms. The Kier molecular flexibility index (Phi) is 8.59. The SMILES string of the molecule is CCc1c(N2CCN(C(=O)c3ncnc(C)c3O)[C@H]3CC[C@@H]32)c(=O)c2nc(Br)c(C)nc2n1CC(=O)Nc1ccc(C(F)(F)F)cc1F. The number of hydrogen-bond acceptors (Lipinski definition) is 9. The van der Waals surface area contributed by atoms with Crippen molar-refractivity contribution < 1.29 is 32.3 Å². The number of pyridine rings is 1. The van der Waals surface area contributed by atoms with Crippen LogP contribution in [0.2, 0.25) is 0 Å². The number of carbonyl (C=O) groups excluding carboxylic acids is 2. The zero-order valence-corrected chi connectivity index (χ0v) is 27.5. The molecule has 1 aliphatic heterocycles. The lowest BCUT2D eigenvalue weighted by Crippen LogP contribution is -2.67. The highest BCUT2D eigenvalue weighted by molar-refractivity contribution is 9.10. The largest absolute Gasteiger partial charge is 0.504 e. The molecule has 2 amide bonds. The predicted octanol–water partition coefficient (Wildman–Crippen LogP) is 4.52. The Labute approximate surface area is 279 Å². The van der Waals surface area contributed by atoms with Crippen molar-refractivity contribution in [2.45, 2.75) is 64.8 Å². The van der Waals surface area contributed by atoms with Gasteiger partial charge in [0.15, 0.2) is 22.6 Å². The molecule has 12 nitrogen and oxygen atoms in total. The summed E-state index contributed by atoms with van der Waals surface area (Å²) in [6.07, 6.45) is -1.98. The highest BCUT2D eigenvalue weighted by atomic mass is 79.9. The molecule has 3 aromatic heterocycles. The van der Waals surface area contributed by atoms with E-state index in [0.717, 1.165) is 6.07 Å². The van der Waals surface area contributed by atoms with Crippen LogP contribution in [0.15, 0.2) is 33.9 Å². The van der Waals surface area contributed by atoms with Gasteiger partial charge >= 0.3 is 6.18 Å². The number of anilines is 2. The number of aromatic hydroxyl groups is 1. The Morgan fingerprint density at radius 3 is 2.46 bits per heavy atom. The summed E-state index contributed by atoms with van der Waals surface area (Å²) in [4.78, 5) is 61.5. The maximum absolute atomic E-state index is 14.6. The summed E-state index contributed by atoms with van der Waals surface area (Å²) in [5, 5.41) is 12.8. The molecule has 6 rings (SSSR count). The van der Waals surface area contributed by atoms with E-state index >= 15 is 0 Å². The molecule has 0 unspecified atom stereocenters. The molecule has 1 aliphatic carbocycles. The molecular formula is C31H29BrF4N8O4. The average Bonchev–Trinajstić information content (AvgIpc) is 3.01. The number of carbonyl (C=O) groups is 2. The fourth-order valence-corrected chi connectivity index (χ4v) is 6.57. The van der Waals surface area contributed by atoms with Gasteiger partial charge in [0.25, 0.3) is 5.91 Å². The van der Waals surface area contributed by atoms with Crippen LogP contribution in [0.3, 0.4) is 0 Å². The van der Waals surface area contributed by atoms with E-state index < -0.39 is 47.0 Å². The Balaban J connectivity index is 1.38. The molecule has 1 saturated heterocycles. The molecule has 4 heterocycles. The van der Waals surface area contributed by atoms with Crippen molar-refractivity contribution in [3.8, 4) is 5.75 Å². The van der Waals surface area contributed by atoms with E-state index in [1.807, 2.05) is 4.90 Å². The van der Waals surface area contributed by atoms with E-state index in [4.69, 9.17) is 0 Å². The number of nitrogens with one attached hydrogen (secondary N) is 1. The van der Waals surface area contributed by atoms with Crippen molar-refractivity contribution in [2.24, 2.45) is 0 Å². The summed E-state index contributed by atoms with van der Waals surface area (Å²) in [6.45, 7) is 5.02. The van der Waals surface area contributed by atoms with Gasteiger partial charge in [0.2, 0.25) is 11.3 Å². The number of fused-ring (bicyclic) bond motifs is 2. The van der Waals surface area contributed by atoms with Gasteiger partial charge in [-0.25, -0.2) is 24.3 Å². The molecule has 252 valence electrons. The lowest BCUT2D eigenvalue weighted by atomic mass is 9.81. The number of piperazine rings is 1. The van der Waals surface area contributed by atoms with Gasteiger partial charge in [0, 0.05) is 24.8 Å². The van der Waals surface area contributed by atoms with Gasteiger partial charge in [0.05, 0.1) is 28.7 Å². The van der Waals surface area contributed by atoms with Crippen LogP contribution in [-0.2, 0) is 23.9 Å². The lowest BCUT2D eigenvalue weighted by molar-refractivity contribution is -0.137. The number of nitrogens with zero attached hydrogens (tertiary/aromatic N) is 7. The Morgan fingerprint density at radius 1 is 1.08 bits per heavy atom. The van der Waals surface area contributed by atoms with Crippen molar-refractivity contribution in [3.05, 3.63) is 73.5 Å². The quantitative estimate of drug-likeness (QED) is 0.273. The third-order valence-electron chi connectivity index (χ3n) is 8.83. The van der Waals surface area contributed by atoms with Crippen LogP contribution < -0.4 is 15.6 Å². The number of amides is 2. The van der Waals surface area contributed by atoms with E-state index in [9.17, 15) is 37.1 Å². The van der Waals surface area contributed by atoms with E-state index in [0.29, 0.717) is 41.0 Å². The van der Waals surface area contributed by atoms with Crippen LogP contribution in [0.4, 0.5) is 28.9 Å². The first-order chi connectivity index (χ1) is 22.7. The normalized spacial score (nSPS) is 17.7. The molecule has 48 heavy (non-hydrogen) atoms. The summed E-state index contributed by atoms with van der Waals surface area (Å²) in [6, 6.07) is 1.25. The summed E-state index contributed by atoms with van der Waals surface area (Å²) >= 11 is 3.33. The van der Waals surface area contributed by atoms with Crippen LogP contribution in [0, 0.1) is 19.7 Å². The van der Waals surface area contributed by atoms with Gasteiger partial charge in [-0.15, -0.1) is 0 Å². The van der Waals surface area contributed by atoms with Crippen LogP contribution >= 0.6 is 15.9 Å². The Morgan fingerprint density at radius 2 is 1.81 bits per heavy atom. The van der Waals surface area contributed by atoms with Gasteiger partial charge < -0.3 is 24.8 Å². The second kappa shape index (κ2) is 12.4. The van der Waals surface area contributed by atoms with Gasteiger partial charge in [-0.1, -0.05) is 6.92 Å². The van der Waals surface area contributed by atoms with Gasteiger partial charge in [-0.2, -0.15) is 13.2 Å². The van der Waals surface area contributed by atoms with Crippen LogP contribution in [0.5, 0.6) is 5.75 Å². The fraction of sp³-hybridized carbons (Fsp3) is 0.387. The fourth-order valence-electron chi connectivity index (χ4n) is 6.31. The highest BCUT2D eigenvalue weighted by Crippen LogP contribution is 2.39. The molecule has 1 aromatic carbocycles. The molecule has 4 aromatic rings. The van der Waals surface area contributed by atoms with Crippen molar-refractivity contribution in [1.82, 2.24) is 29.4 Å². The zero-order valence-electron chi connectivity index (χ0n) is 25.9. The van der Waals surface area contributed by atoms with E-state index in [2.05, 4.69) is 41.2 Å². The molecular weight excluding hydrogens is 704 g/mol. The predicted molar refractivity (Wildman–Crippen MR) is 169 cm³/mol. The minimum absolute atomic E-state index is 0.0241. The van der Waals surface area contributed by atoms with Crippen LogP contribution in [-0.4, -0.2) is 71.5 Å². The van der Waals surface area contributed by atoms with E-state index in [1.165, 1.54) is 10.9 Å². The maximum Gasteiger partial charge on any atom is 0.416 e. The first-order valence-corrected chi connectivity index (χ1v) is 15.8. The van der Waals surface area contributed by atoms with Crippen molar-refractivity contribution in [2.75, 3.05) is 23.3 Å². The maximum atomic E-state index is 14.6. The van der Waals surface area contributed by atoms with Gasteiger partial charge in [-0.3, -0.25) is 14.4 Å². The van der Waals surface area contributed by atoms with Gasteiger partial charge in [0.1, 0.15) is 29.0 Å². The Bertz CT molecular complexity index is 2040. The standard InChI is InChI=1S/C31H29BrF4N8O4/c1-4-19-25(42-9-10-43(21-8-7-20(21)42)30(48)24-26(46)14(2)37-13-38-24)27(47)23-29(39-15(3)28(32)41-23)44(19)12-22(45)40-18-6-5-16(11-17(18)33)31(34,35)36/h5-6,11,13,20-21,46H,4,7-10,12H2,1-3H3,(H,40,45)/t20-,21-/m0/s1. The average molecular weight is 734 g/mol. The molecule has 2 aliphatic rings. The summed E-state index contributed by atoms with van der Waals surface area (Å²) in [5.41, 5.74) is -0.634. The van der Waals surface area contributed by atoms with Crippen molar-refractivity contribution in [3.63, 3.8) is 0 Å². The molecule has 0 radical (unpaired) electrons. The number of aryl methyl sites for hydroxylation is 2. The number of benzene rings is 1. The van der Waals surface area contributed by atoms with Crippen LogP contribution in [0.25, 0.3) is 11.2 Å². The zero-order chi connectivity index (χ0) is 34.7. The highest BCUT2D eigenvalue weighted by Gasteiger charge is 2.47. The van der Waals surface area contributed by atoms with E-state index in [-0.39, 0.29) is 65.6 Å². The van der Waals surface area contributed by atoms with Crippen molar-refractivity contribution in [1.29, 1.82) is 0 Å². The van der Waals surface area contributed by atoms with Crippen molar-refractivity contribution >= 4 is 50.3 Å². The molecule has 0 bridgehead atoms. The summed E-state index contributed by atoms with van der Waals surface area (Å²) < 4.78 is 55.6. The lowest BCUT2D eigenvalue weighted by Gasteiger charge is -2.54. The number of halogens is 5. The third kappa shape index (κ3) is 5.73. The van der Waals surface area contributed by atoms with Gasteiger partial charge in [-0.05, 0) is 67.2 Å². The number of hydrogen-bond donors (Lipinski definition) is 2. The first-order valence-electron chi connectivity index (χ1n) is 15.1. The second-order valence-electron chi connectivity index (χ2n) is 11.6. The topological polar surface area (TPSA) is 146 Å². The molecule has 1 saturated carbocycles. The van der Waals surface area contributed by atoms with E-state index in [1.54, 1.807) is 25.7 Å². The monoisotopic (exact) mass is 732 g/mol. The number of rotatable bonds is 6.